The lowest BCUT2D eigenvalue weighted by Crippen LogP contribution is -2.22. The zero-order valence-corrected chi connectivity index (χ0v) is 14.8. The van der Waals surface area contributed by atoms with E-state index >= 15 is 0 Å². The van der Waals surface area contributed by atoms with E-state index in [1.54, 1.807) is 12.1 Å². The largest absolute Gasteiger partial charge is 0.493 e. The second-order valence-electron chi connectivity index (χ2n) is 6.74. The van der Waals surface area contributed by atoms with Gasteiger partial charge in [-0.3, -0.25) is 4.79 Å². The molecular weight excluding hydrogens is 312 g/mol. The Morgan fingerprint density at radius 2 is 1.88 bits per heavy atom. The Labute approximate surface area is 148 Å². The van der Waals surface area contributed by atoms with Crippen LogP contribution in [0.1, 0.15) is 48.2 Å². The molecule has 25 heavy (non-hydrogen) atoms. The fourth-order valence-electron chi connectivity index (χ4n) is 2.87. The van der Waals surface area contributed by atoms with Crippen LogP contribution in [0, 0.1) is 5.92 Å². The van der Waals surface area contributed by atoms with Crippen LogP contribution in [0.5, 0.6) is 5.75 Å². The van der Waals surface area contributed by atoms with Gasteiger partial charge >= 0.3 is 0 Å². The van der Waals surface area contributed by atoms with Crippen LogP contribution in [0.4, 0.5) is 0 Å². The molecule has 4 heteroatoms. The zero-order chi connectivity index (χ0) is 17.6. The summed E-state index contributed by atoms with van der Waals surface area (Å²) in [5.41, 5.74) is 6.66. The van der Waals surface area contributed by atoms with Gasteiger partial charge in [0.15, 0.2) is 0 Å². The number of hydrogen-bond donors (Lipinski definition) is 1. The highest BCUT2D eigenvalue weighted by molar-refractivity contribution is 6.04. The smallest absolute Gasteiger partial charge is 0.271 e. The van der Waals surface area contributed by atoms with Crippen LogP contribution in [0.15, 0.2) is 53.6 Å². The number of hydrazone groups is 1. The number of carbonyl (C=O) groups excluding carboxylic acids is 1. The third-order valence-electron chi connectivity index (χ3n) is 4.18. The first kappa shape index (κ1) is 17.2. The first-order valence-corrected chi connectivity index (χ1v) is 8.81. The predicted molar refractivity (Wildman–Crippen MR) is 100 cm³/mol. The van der Waals surface area contributed by atoms with E-state index in [2.05, 4.69) is 36.5 Å². The van der Waals surface area contributed by atoms with E-state index in [-0.39, 0.29) is 5.91 Å². The molecular formula is C21H24N2O2. The van der Waals surface area contributed by atoms with Gasteiger partial charge in [0.05, 0.1) is 12.3 Å². The minimum atomic E-state index is -0.203. The standard InChI is InChI=1S/C21H24N2O2/c1-15(2)14-25-18-12-10-17(11-13-18)21(24)23-22-20-9-5-7-16-6-3-4-8-19(16)20/h3-4,6,8,10-13,15H,5,7,9,14H2,1-2H3,(H,23,24)/b22-20+. The number of hydrogen-bond acceptors (Lipinski definition) is 3. The molecule has 0 heterocycles. The van der Waals surface area contributed by atoms with Crippen LogP contribution in [0.2, 0.25) is 0 Å². The molecule has 2 aromatic carbocycles. The van der Waals surface area contributed by atoms with Crippen molar-refractivity contribution in [3.05, 3.63) is 65.2 Å². The van der Waals surface area contributed by atoms with Crippen molar-refractivity contribution >= 4 is 11.6 Å². The number of carbonyl (C=O) groups is 1. The number of aryl methyl sites for hydroxylation is 1. The van der Waals surface area contributed by atoms with Crippen molar-refractivity contribution in [2.45, 2.75) is 33.1 Å². The first-order valence-electron chi connectivity index (χ1n) is 8.81. The van der Waals surface area contributed by atoms with Crippen LogP contribution >= 0.6 is 0 Å². The maximum Gasteiger partial charge on any atom is 0.271 e. The van der Waals surface area contributed by atoms with E-state index in [1.807, 2.05) is 24.3 Å². The monoisotopic (exact) mass is 336 g/mol. The van der Waals surface area contributed by atoms with Crippen LogP contribution in [-0.2, 0) is 6.42 Å². The molecule has 0 unspecified atom stereocenters. The molecule has 0 fully saturated rings. The fourth-order valence-corrected chi connectivity index (χ4v) is 2.87. The molecule has 0 atom stereocenters. The van der Waals surface area contributed by atoms with Gasteiger partial charge < -0.3 is 4.74 Å². The van der Waals surface area contributed by atoms with Crippen molar-refractivity contribution in [2.75, 3.05) is 6.61 Å². The van der Waals surface area contributed by atoms with Gasteiger partial charge in [0.2, 0.25) is 0 Å². The molecule has 130 valence electrons. The molecule has 0 bridgehead atoms. The molecule has 1 N–H and O–H groups in total. The summed E-state index contributed by atoms with van der Waals surface area (Å²) in [4.78, 5) is 12.3. The average molecular weight is 336 g/mol. The number of nitrogens with zero attached hydrogens (tertiary/aromatic N) is 1. The highest BCUT2D eigenvalue weighted by Crippen LogP contribution is 2.21. The molecule has 0 aromatic heterocycles. The SMILES string of the molecule is CC(C)COc1ccc(C(=O)N/N=C2\CCCc3ccccc32)cc1. The van der Waals surface area contributed by atoms with Gasteiger partial charge in [0.1, 0.15) is 5.75 Å². The van der Waals surface area contributed by atoms with Crippen LogP contribution in [-0.4, -0.2) is 18.2 Å². The Morgan fingerprint density at radius 3 is 2.64 bits per heavy atom. The molecule has 3 rings (SSSR count). The fraction of sp³-hybridized carbons (Fsp3) is 0.333. The molecule has 2 aromatic rings. The molecule has 0 spiro atoms. The van der Waals surface area contributed by atoms with E-state index in [1.165, 1.54) is 5.56 Å². The molecule has 1 amide bonds. The van der Waals surface area contributed by atoms with Crippen molar-refractivity contribution in [1.82, 2.24) is 5.43 Å². The number of amides is 1. The third-order valence-corrected chi connectivity index (χ3v) is 4.18. The number of benzene rings is 2. The van der Waals surface area contributed by atoms with Gasteiger partial charge in [-0.15, -0.1) is 0 Å². The minimum Gasteiger partial charge on any atom is -0.493 e. The van der Waals surface area contributed by atoms with Gasteiger partial charge in [-0.1, -0.05) is 38.1 Å². The molecule has 1 aliphatic rings. The van der Waals surface area contributed by atoms with Crippen LogP contribution in [0.25, 0.3) is 0 Å². The topological polar surface area (TPSA) is 50.7 Å². The molecule has 0 aliphatic heterocycles. The second-order valence-corrected chi connectivity index (χ2v) is 6.74. The van der Waals surface area contributed by atoms with Gasteiger partial charge in [0.25, 0.3) is 5.91 Å². The minimum absolute atomic E-state index is 0.203. The molecule has 0 saturated heterocycles. The first-order chi connectivity index (χ1) is 12.1. The predicted octanol–water partition coefficient (Wildman–Crippen LogP) is 4.19. The summed E-state index contributed by atoms with van der Waals surface area (Å²) in [6.45, 7) is 4.87. The summed E-state index contributed by atoms with van der Waals surface area (Å²) >= 11 is 0. The maximum absolute atomic E-state index is 12.3. The van der Waals surface area contributed by atoms with Gasteiger partial charge in [-0.05, 0) is 55.0 Å². The quantitative estimate of drug-likeness (QED) is 0.832. The van der Waals surface area contributed by atoms with Crippen molar-refractivity contribution in [3.63, 3.8) is 0 Å². The molecule has 4 nitrogen and oxygen atoms in total. The second kappa shape index (κ2) is 7.97. The average Bonchev–Trinajstić information content (AvgIpc) is 2.64. The maximum atomic E-state index is 12.3. The zero-order valence-electron chi connectivity index (χ0n) is 14.8. The van der Waals surface area contributed by atoms with E-state index < -0.39 is 0 Å². The lowest BCUT2D eigenvalue weighted by Gasteiger charge is -2.17. The van der Waals surface area contributed by atoms with Crippen molar-refractivity contribution in [3.8, 4) is 5.75 Å². The van der Waals surface area contributed by atoms with E-state index in [4.69, 9.17) is 4.74 Å². The summed E-state index contributed by atoms with van der Waals surface area (Å²) in [5, 5.41) is 4.37. The van der Waals surface area contributed by atoms with Crippen molar-refractivity contribution in [2.24, 2.45) is 11.0 Å². The van der Waals surface area contributed by atoms with Gasteiger partial charge in [-0.25, -0.2) is 5.43 Å². The van der Waals surface area contributed by atoms with E-state index in [9.17, 15) is 4.79 Å². The van der Waals surface area contributed by atoms with Crippen molar-refractivity contribution in [1.29, 1.82) is 0 Å². The lowest BCUT2D eigenvalue weighted by atomic mass is 9.90. The number of rotatable bonds is 5. The molecule has 0 saturated carbocycles. The van der Waals surface area contributed by atoms with Crippen molar-refractivity contribution < 1.29 is 9.53 Å². The normalized spacial score (nSPS) is 15.1. The van der Waals surface area contributed by atoms with Gasteiger partial charge in [0, 0.05) is 11.1 Å². The summed E-state index contributed by atoms with van der Waals surface area (Å²) in [7, 11) is 0. The van der Waals surface area contributed by atoms with Gasteiger partial charge in [-0.2, -0.15) is 5.10 Å². The Bertz CT molecular complexity index is 764. The van der Waals surface area contributed by atoms with E-state index in [0.717, 1.165) is 36.3 Å². The Balaban J connectivity index is 1.65. The van der Waals surface area contributed by atoms with Crippen LogP contribution < -0.4 is 10.2 Å². The number of fused-ring (bicyclic) bond motifs is 1. The van der Waals surface area contributed by atoms with E-state index in [0.29, 0.717) is 18.1 Å². The summed E-state index contributed by atoms with van der Waals surface area (Å²) in [6, 6.07) is 15.4. The lowest BCUT2D eigenvalue weighted by molar-refractivity contribution is 0.0954. The number of nitrogens with one attached hydrogen (secondary N) is 1. The Kier molecular flexibility index (Phi) is 5.49. The molecule has 0 radical (unpaired) electrons. The number of ether oxygens (including phenoxy) is 1. The summed E-state index contributed by atoms with van der Waals surface area (Å²) in [5.74, 6) is 1.04. The van der Waals surface area contributed by atoms with Crippen LogP contribution in [0.3, 0.4) is 0 Å². The highest BCUT2D eigenvalue weighted by Gasteiger charge is 2.15. The Hall–Kier alpha value is -2.62. The molecule has 1 aliphatic carbocycles. The summed E-state index contributed by atoms with van der Waals surface area (Å²) < 4.78 is 5.64. The Morgan fingerprint density at radius 1 is 1.12 bits per heavy atom. The summed E-state index contributed by atoms with van der Waals surface area (Å²) in [6.07, 6.45) is 3.02. The third kappa shape index (κ3) is 4.47. The highest BCUT2D eigenvalue weighted by atomic mass is 16.5.